The third-order valence-electron chi connectivity index (χ3n) is 3.23. The van der Waals surface area contributed by atoms with Crippen molar-refractivity contribution in [1.29, 1.82) is 0 Å². The number of anilines is 1. The molecule has 106 valence electrons. The van der Waals surface area contributed by atoms with Crippen LogP contribution in [0, 0.1) is 6.92 Å². The summed E-state index contributed by atoms with van der Waals surface area (Å²) in [7, 11) is 0. The summed E-state index contributed by atoms with van der Waals surface area (Å²) in [6.07, 6.45) is 0. The van der Waals surface area contributed by atoms with Crippen LogP contribution in [-0.4, -0.2) is 10.9 Å². The van der Waals surface area contributed by atoms with E-state index in [1.807, 2.05) is 31.2 Å². The summed E-state index contributed by atoms with van der Waals surface area (Å²) >= 11 is 1.69. The highest BCUT2D eigenvalue weighted by Crippen LogP contribution is 2.25. The van der Waals surface area contributed by atoms with Crippen LogP contribution in [-0.2, 0) is 6.54 Å². The Morgan fingerprint density at radius 3 is 2.71 bits per heavy atom. The van der Waals surface area contributed by atoms with Gasteiger partial charge in [-0.3, -0.25) is 4.79 Å². The van der Waals surface area contributed by atoms with Gasteiger partial charge >= 0.3 is 0 Å². The molecule has 3 rings (SSSR count). The number of carbonyl (C=O) groups excluding carboxylic acids is 1. The fraction of sp³-hybridized carbons (Fsp3) is 0.125. The zero-order valence-corrected chi connectivity index (χ0v) is 12.4. The molecule has 0 aliphatic rings. The molecule has 0 unspecified atom stereocenters. The van der Waals surface area contributed by atoms with Crippen molar-refractivity contribution in [2.24, 2.45) is 5.73 Å². The molecule has 3 N–H and O–H groups in total. The number of amides is 1. The molecule has 0 saturated heterocycles. The number of nitrogens with two attached hydrogens (primary N) is 1. The van der Waals surface area contributed by atoms with Crippen LogP contribution in [0.25, 0.3) is 10.2 Å². The normalized spacial score (nSPS) is 10.7. The van der Waals surface area contributed by atoms with Crippen molar-refractivity contribution in [3.63, 3.8) is 0 Å². The predicted octanol–water partition coefficient (Wildman–Crippen LogP) is 3.32. The van der Waals surface area contributed by atoms with Crippen LogP contribution in [0.3, 0.4) is 0 Å². The van der Waals surface area contributed by atoms with E-state index in [2.05, 4.69) is 16.4 Å². The highest BCUT2D eigenvalue weighted by atomic mass is 32.1. The van der Waals surface area contributed by atoms with Crippen LogP contribution in [0.1, 0.15) is 20.9 Å². The number of thiazole rings is 1. The van der Waals surface area contributed by atoms with E-state index in [1.165, 1.54) is 4.70 Å². The lowest BCUT2D eigenvalue weighted by atomic mass is 10.1. The Labute approximate surface area is 126 Å². The molecule has 1 heterocycles. The molecule has 5 heteroatoms. The van der Waals surface area contributed by atoms with E-state index in [1.54, 1.807) is 23.5 Å². The number of hydrogen-bond acceptors (Lipinski definition) is 4. The van der Waals surface area contributed by atoms with Gasteiger partial charge in [-0.15, -0.1) is 11.3 Å². The third kappa shape index (κ3) is 3.03. The van der Waals surface area contributed by atoms with Crippen LogP contribution in [0.15, 0.2) is 42.5 Å². The first-order valence-corrected chi connectivity index (χ1v) is 7.43. The fourth-order valence-electron chi connectivity index (χ4n) is 2.14. The number of primary amides is 1. The highest BCUT2D eigenvalue weighted by Gasteiger charge is 2.03. The van der Waals surface area contributed by atoms with E-state index >= 15 is 0 Å². The van der Waals surface area contributed by atoms with Crippen molar-refractivity contribution >= 4 is 33.1 Å². The third-order valence-corrected chi connectivity index (χ3v) is 4.16. The van der Waals surface area contributed by atoms with E-state index in [0.29, 0.717) is 12.1 Å². The molecule has 3 aromatic rings. The Morgan fingerprint density at radius 1 is 1.24 bits per heavy atom. The lowest BCUT2D eigenvalue weighted by molar-refractivity contribution is 0.100. The maximum atomic E-state index is 11.0. The lowest BCUT2D eigenvalue weighted by Crippen LogP contribution is -2.10. The molecule has 4 nitrogen and oxygen atoms in total. The van der Waals surface area contributed by atoms with Crippen molar-refractivity contribution in [3.8, 4) is 0 Å². The monoisotopic (exact) mass is 297 g/mol. The minimum Gasteiger partial charge on any atom is -0.381 e. The molecule has 0 radical (unpaired) electrons. The van der Waals surface area contributed by atoms with E-state index in [4.69, 9.17) is 5.73 Å². The first-order chi connectivity index (χ1) is 10.1. The van der Waals surface area contributed by atoms with E-state index in [9.17, 15) is 4.79 Å². The van der Waals surface area contributed by atoms with Gasteiger partial charge in [0.2, 0.25) is 5.91 Å². The second-order valence-electron chi connectivity index (χ2n) is 4.83. The van der Waals surface area contributed by atoms with Gasteiger partial charge in [-0.1, -0.05) is 12.1 Å². The number of fused-ring (bicyclic) bond motifs is 1. The molecule has 0 spiro atoms. The number of carbonyl (C=O) groups is 1. The maximum absolute atomic E-state index is 11.0. The van der Waals surface area contributed by atoms with Gasteiger partial charge in [0.05, 0.1) is 15.2 Å². The summed E-state index contributed by atoms with van der Waals surface area (Å²) in [5.41, 5.74) is 8.95. The minimum atomic E-state index is -0.402. The molecule has 0 aliphatic carbocycles. The van der Waals surface area contributed by atoms with Gasteiger partial charge in [0, 0.05) is 17.8 Å². The Kier molecular flexibility index (Phi) is 3.58. The molecule has 1 aromatic heterocycles. The number of nitrogens with one attached hydrogen (secondary N) is 1. The summed E-state index contributed by atoms with van der Waals surface area (Å²) in [6.45, 7) is 2.71. The summed E-state index contributed by atoms with van der Waals surface area (Å²) < 4.78 is 1.18. The van der Waals surface area contributed by atoms with Crippen molar-refractivity contribution in [1.82, 2.24) is 4.98 Å². The molecule has 0 saturated carbocycles. The average molecular weight is 297 g/mol. The molecule has 1 amide bonds. The van der Waals surface area contributed by atoms with Gasteiger partial charge < -0.3 is 11.1 Å². The lowest BCUT2D eigenvalue weighted by Gasteiger charge is -2.07. The average Bonchev–Trinajstić information content (AvgIpc) is 2.84. The first kappa shape index (κ1) is 13.6. The molecule has 2 aromatic carbocycles. The maximum Gasteiger partial charge on any atom is 0.248 e. The summed E-state index contributed by atoms with van der Waals surface area (Å²) in [6, 6.07) is 13.5. The largest absolute Gasteiger partial charge is 0.381 e. The van der Waals surface area contributed by atoms with Gasteiger partial charge in [-0.05, 0) is 42.8 Å². The van der Waals surface area contributed by atoms with Gasteiger partial charge in [0.25, 0.3) is 0 Å². The van der Waals surface area contributed by atoms with Crippen LogP contribution < -0.4 is 11.1 Å². The number of rotatable bonds is 4. The summed E-state index contributed by atoms with van der Waals surface area (Å²) in [4.78, 5) is 15.5. The van der Waals surface area contributed by atoms with E-state index in [0.717, 1.165) is 21.8 Å². The van der Waals surface area contributed by atoms with Gasteiger partial charge in [-0.2, -0.15) is 0 Å². The second-order valence-corrected chi connectivity index (χ2v) is 6.06. The van der Waals surface area contributed by atoms with Crippen LogP contribution in [0.4, 0.5) is 5.69 Å². The molecule has 0 fully saturated rings. The van der Waals surface area contributed by atoms with Crippen LogP contribution >= 0.6 is 11.3 Å². The topological polar surface area (TPSA) is 68.0 Å². The number of hydrogen-bond donors (Lipinski definition) is 2. The van der Waals surface area contributed by atoms with Crippen molar-refractivity contribution in [3.05, 3.63) is 58.6 Å². The molecular formula is C16H15N3OS. The Bertz CT molecular complexity index is 793. The number of aromatic nitrogens is 1. The molecular weight excluding hydrogens is 282 g/mol. The van der Waals surface area contributed by atoms with Gasteiger partial charge in [0.15, 0.2) is 0 Å². The predicted molar refractivity (Wildman–Crippen MR) is 86.6 cm³/mol. The summed E-state index contributed by atoms with van der Waals surface area (Å²) in [5.74, 6) is -0.402. The van der Waals surface area contributed by atoms with E-state index in [-0.39, 0.29) is 0 Å². The highest BCUT2D eigenvalue weighted by molar-refractivity contribution is 7.18. The Balaban J connectivity index is 1.71. The van der Waals surface area contributed by atoms with Gasteiger partial charge in [-0.25, -0.2) is 4.98 Å². The molecule has 0 aliphatic heterocycles. The van der Waals surface area contributed by atoms with Crippen molar-refractivity contribution in [2.45, 2.75) is 13.5 Å². The zero-order chi connectivity index (χ0) is 14.8. The van der Waals surface area contributed by atoms with Crippen LogP contribution in [0.5, 0.6) is 0 Å². The first-order valence-electron chi connectivity index (χ1n) is 6.61. The number of aryl methyl sites for hydroxylation is 1. The minimum absolute atomic E-state index is 0.402. The zero-order valence-electron chi connectivity index (χ0n) is 11.6. The quantitative estimate of drug-likeness (QED) is 0.776. The molecule has 0 atom stereocenters. The smallest absolute Gasteiger partial charge is 0.248 e. The number of nitrogens with zero attached hydrogens (tertiary/aromatic N) is 1. The SMILES string of the molecule is Cc1nc2ccc(NCc3ccc(C(N)=O)cc3)cc2s1. The van der Waals surface area contributed by atoms with E-state index < -0.39 is 5.91 Å². The summed E-state index contributed by atoms with van der Waals surface area (Å²) in [5, 5.41) is 4.45. The molecule has 0 bridgehead atoms. The Hall–Kier alpha value is -2.40. The molecule has 21 heavy (non-hydrogen) atoms. The van der Waals surface area contributed by atoms with Crippen molar-refractivity contribution in [2.75, 3.05) is 5.32 Å². The van der Waals surface area contributed by atoms with Crippen LogP contribution in [0.2, 0.25) is 0 Å². The Morgan fingerprint density at radius 2 is 2.00 bits per heavy atom. The van der Waals surface area contributed by atoms with Gasteiger partial charge in [0.1, 0.15) is 0 Å². The second kappa shape index (κ2) is 5.54. The number of benzene rings is 2. The fourth-order valence-corrected chi connectivity index (χ4v) is 3.01. The standard InChI is InChI=1S/C16H15N3OS/c1-10-19-14-7-6-13(8-15(14)21-10)18-9-11-2-4-12(5-3-11)16(17)20/h2-8,18H,9H2,1H3,(H2,17,20). The van der Waals surface area contributed by atoms with Crippen molar-refractivity contribution < 1.29 is 4.79 Å².